The van der Waals surface area contributed by atoms with Gasteiger partial charge in [0.25, 0.3) is 0 Å². The van der Waals surface area contributed by atoms with Crippen molar-refractivity contribution in [2.24, 2.45) is 0 Å². The van der Waals surface area contributed by atoms with E-state index in [1.165, 1.54) is 23.9 Å². The topological polar surface area (TPSA) is 75.1 Å². The molecule has 88 valence electrons. The third-order valence-electron chi connectivity index (χ3n) is 2.00. The van der Waals surface area contributed by atoms with Crippen molar-refractivity contribution in [3.8, 4) is 0 Å². The van der Waals surface area contributed by atoms with Crippen LogP contribution in [-0.4, -0.2) is 21.0 Å². The number of hydrogen-bond donors (Lipinski definition) is 2. The van der Waals surface area contributed by atoms with E-state index in [1.807, 2.05) is 6.07 Å². The lowest BCUT2D eigenvalue weighted by atomic mass is 10.3. The molecule has 0 bridgehead atoms. The molecule has 0 saturated carbocycles. The number of carboxylic acids is 1. The van der Waals surface area contributed by atoms with E-state index < -0.39 is 5.97 Å². The Morgan fingerprint density at radius 2 is 2.35 bits per heavy atom. The molecule has 2 N–H and O–H groups in total. The SMILES string of the molecule is O=C(O)c1cncnc1NCc1ccc(Cl)s1. The average molecular weight is 270 g/mol. The van der Waals surface area contributed by atoms with Crippen molar-refractivity contribution in [2.45, 2.75) is 6.54 Å². The number of halogens is 1. The third-order valence-corrected chi connectivity index (χ3v) is 3.23. The Labute approximate surface area is 106 Å². The molecule has 5 nitrogen and oxygen atoms in total. The van der Waals surface area contributed by atoms with E-state index in [9.17, 15) is 4.79 Å². The minimum Gasteiger partial charge on any atom is -0.477 e. The van der Waals surface area contributed by atoms with E-state index in [4.69, 9.17) is 16.7 Å². The van der Waals surface area contributed by atoms with Crippen LogP contribution in [0.15, 0.2) is 24.7 Å². The van der Waals surface area contributed by atoms with Crippen LogP contribution in [0.4, 0.5) is 5.82 Å². The predicted octanol–water partition coefficient (Wildman–Crippen LogP) is 2.50. The van der Waals surface area contributed by atoms with E-state index >= 15 is 0 Å². The second-order valence-electron chi connectivity index (χ2n) is 3.15. The van der Waals surface area contributed by atoms with Gasteiger partial charge in [0.15, 0.2) is 0 Å². The smallest absolute Gasteiger partial charge is 0.341 e. The summed E-state index contributed by atoms with van der Waals surface area (Å²) in [7, 11) is 0. The van der Waals surface area contributed by atoms with Crippen LogP contribution in [0.2, 0.25) is 4.34 Å². The number of rotatable bonds is 4. The monoisotopic (exact) mass is 269 g/mol. The number of nitrogens with one attached hydrogen (secondary N) is 1. The van der Waals surface area contributed by atoms with E-state index in [2.05, 4.69) is 15.3 Å². The van der Waals surface area contributed by atoms with E-state index in [-0.39, 0.29) is 5.56 Å². The molecular weight excluding hydrogens is 262 g/mol. The fourth-order valence-corrected chi connectivity index (χ4v) is 2.27. The van der Waals surface area contributed by atoms with Gasteiger partial charge < -0.3 is 10.4 Å². The Balaban J connectivity index is 2.11. The first-order valence-corrected chi connectivity index (χ1v) is 5.87. The first-order valence-electron chi connectivity index (χ1n) is 4.68. The zero-order valence-corrected chi connectivity index (χ0v) is 10.1. The maximum Gasteiger partial charge on any atom is 0.341 e. The van der Waals surface area contributed by atoms with Crippen LogP contribution in [0.3, 0.4) is 0 Å². The number of carboxylic acid groups (broad SMARTS) is 1. The lowest BCUT2D eigenvalue weighted by Crippen LogP contribution is -2.08. The van der Waals surface area contributed by atoms with Crippen LogP contribution in [0.1, 0.15) is 15.2 Å². The van der Waals surface area contributed by atoms with Crippen molar-refractivity contribution in [2.75, 3.05) is 5.32 Å². The molecule has 0 spiro atoms. The Bertz CT molecular complexity index is 544. The van der Waals surface area contributed by atoms with Crippen molar-refractivity contribution in [1.82, 2.24) is 9.97 Å². The zero-order chi connectivity index (χ0) is 12.3. The lowest BCUT2D eigenvalue weighted by molar-refractivity contribution is 0.0697. The second kappa shape index (κ2) is 5.11. The third kappa shape index (κ3) is 2.92. The molecule has 0 aliphatic heterocycles. The number of anilines is 1. The van der Waals surface area contributed by atoms with Crippen LogP contribution in [0.5, 0.6) is 0 Å². The molecule has 2 rings (SSSR count). The minimum absolute atomic E-state index is 0.0511. The molecule has 2 heterocycles. The number of carbonyl (C=O) groups is 1. The molecule has 0 aliphatic rings. The average Bonchev–Trinajstić information content (AvgIpc) is 2.73. The van der Waals surface area contributed by atoms with Gasteiger partial charge in [-0.25, -0.2) is 14.8 Å². The van der Waals surface area contributed by atoms with Gasteiger partial charge in [0.05, 0.1) is 10.9 Å². The molecule has 0 aromatic carbocycles. The molecule has 7 heteroatoms. The highest BCUT2D eigenvalue weighted by Crippen LogP contribution is 2.22. The summed E-state index contributed by atoms with van der Waals surface area (Å²) >= 11 is 7.23. The summed E-state index contributed by atoms with van der Waals surface area (Å²) in [6.45, 7) is 0.481. The van der Waals surface area contributed by atoms with Crippen LogP contribution < -0.4 is 5.32 Å². The summed E-state index contributed by atoms with van der Waals surface area (Å²) in [4.78, 5) is 19.5. The maximum absolute atomic E-state index is 10.9. The molecule has 0 aliphatic carbocycles. The van der Waals surface area contributed by atoms with Gasteiger partial charge in [-0.05, 0) is 12.1 Å². The van der Waals surface area contributed by atoms with Crippen LogP contribution in [0.25, 0.3) is 0 Å². The van der Waals surface area contributed by atoms with Gasteiger partial charge in [0, 0.05) is 11.1 Å². The highest BCUT2D eigenvalue weighted by molar-refractivity contribution is 7.16. The summed E-state index contributed by atoms with van der Waals surface area (Å²) < 4.78 is 0.697. The Morgan fingerprint density at radius 3 is 3.00 bits per heavy atom. The van der Waals surface area contributed by atoms with E-state index in [1.54, 1.807) is 6.07 Å². The fraction of sp³-hybridized carbons (Fsp3) is 0.100. The molecule has 2 aromatic heterocycles. The van der Waals surface area contributed by atoms with Crippen LogP contribution in [0, 0.1) is 0 Å². The van der Waals surface area contributed by atoms with Gasteiger partial charge in [0.1, 0.15) is 17.7 Å². The second-order valence-corrected chi connectivity index (χ2v) is 4.95. The van der Waals surface area contributed by atoms with Crippen molar-refractivity contribution in [3.63, 3.8) is 0 Å². The fourth-order valence-electron chi connectivity index (χ4n) is 1.24. The standard InChI is InChI=1S/C10H8ClN3O2S/c11-8-2-1-6(17-8)3-13-9-7(10(15)16)4-12-5-14-9/h1-2,4-5H,3H2,(H,15,16)(H,12,13,14). The number of thiophene rings is 1. The quantitative estimate of drug-likeness (QED) is 0.892. The number of aromatic carboxylic acids is 1. The molecule has 2 aromatic rings. The van der Waals surface area contributed by atoms with Gasteiger partial charge >= 0.3 is 5.97 Å². The normalized spacial score (nSPS) is 10.2. The van der Waals surface area contributed by atoms with Gasteiger partial charge in [-0.1, -0.05) is 11.6 Å². The summed E-state index contributed by atoms with van der Waals surface area (Å²) in [5.74, 6) is -0.755. The Kier molecular flexibility index (Phi) is 3.55. The van der Waals surface area contributed by atoms with Gasteiger partial charge in [-0.15, -0.1) is 11.3 Å². The van der Waals surface area contributed by atoms with Crippen molar-refractivity contribution in [1.29, 1.82) is 0 Å². The largest absolute Gasteiger partial charge is 0.477 e. The summed E-state index contributed by atoms with van der Waals surface area (Å²) in [6, 6.07) is 3.67. The summed E-state index contributed by atoms with van der Waals surface area (Å²) in [5.41, 5.74) is 0.0511. The molecule has 0 unspecified atom stereocenters. The number of nitrogens with zero attached hydrogens (tertiary/aromatic N) is 2. The minimum atomic E-state index is -1.06. The molecular formula is C10H8ClN3O2S. The molecule has 0 saturated heterocycles. The van der Waals surface area contributed by atoms with Gasteiger partial charge in [-0.2, -0.15) is 0 Å². The number of hydrogen-bond acceptors (Lipinski definition) is 5. The Morgan fingerprint density at radius 1 is 1.53 bits per heavy atom. The summed E-state index contributed by atoms with van der Waals surface area (Å²) in [5, 5.41) is 11.9. The van der Waals surface area contributed by atoms with Gasteiger partial charge in [0.2, 0.25) is 0 Å². The van der Waals surface area contributed by atoms with E-state index in [0.29, 0.717) is 16.7 Å². The molecule has 0 atom stereocenters. The number of aromatic nitrogens is 2. The summed E-state index contributed by atoms with van der Waals surface area (Å²) in [6.07, 6.45) is 2.56. The highest BCUT2D eigenvalue weighted by atomic mass is 35.5. The van der Waals surface area contributed by atoms with Crippen LogP contribution in [-0.2, 0) is 6.54 Å². The highest BCUT2D eigenvalue weighted by Gasteiger charge is 2.11. The predicted molar refractivity (Wildman–Crippen MR) is 65.6 cm³/mol. The maximum atomic E-state index is 10.9. The molecule has 0 amide bonds. The molecule has 0 radical (unpaired) electrons. The van der Waals surface area contributed by atoms with Crippen molar-refractivity contribution < 1.29 is 9.90 Å². The zero-order valence-electron chi connectivity index (χ0n) is 8.55. The molecule has 0 fully saturated rings. The lowest BCUT2D eigenvalue weighted by Gasteiger charge is -2.05. The van der Waals surface area contributed by atoms with Crippen molar-refractivity contribution in [3.05, 3.63) is 39.4 Å². The first kappa shape index (κ1) is 11.8. The molecule has 17 heavy (non-hydrogen) atoms. The van der Waals surface area contributed by atoms with Gasteiger partial charge in [-0.3, -0.25) is 0 Å². The van der Waals surface area contributed by atoms with Crippen molar-refractivity contribution >= 4 is 34.7 Å². The Hall–Kier alpha value is -1.66. The van der Waals surface area contributed by atoms with Crippen LogP contribution >= 0.6 is 22.9 Å². The van der Waals surface area contributed by atoms with E-state index in [0.717, 1.165) is 4.88 Å². The first-order chi connectivity index (χ1) is 8.16.